The van der Waals surface area contributed by atoms with Crippen molar-refractivity contribution in [2.45, 2.75) is 19.9 Å². The lowest BCUT2D eigenvalue weighted by Gasteiger charge is -2.12. The number of nitrogens with two attached hydrogens (primary N) is 1. The summed E-state index contributed by atoms with van der Waals surface area (Å²) in [5, 5.41) is 8.36. The molecule has 3 N–H and O–H groups in total. The SMILES string of the molecule is Cc1nc(NC(C)CN)c2cnn(C)c2n1. The molecule has 2 heterocycles. The van der Waals surface area contributed by atoms with Gasteiger partial charge < -0.3 is 11.1 Å². The Balaban J connectivity index is 2.51. The van der Waals surface area contributed by atoms with Gasteiger partial charge in [0, 0.05) is 19.6 Å². The minimum Gasteiger partial charge on any atom is -0.366 e. The highest BCUT2D eigenvalue weighted by Gasteiger charge is 2.10. The van der Waals surface area contributed by atoms with Crippen LogP contribution in [0.3, 0.4) is 0 Å². The third-order valence-corrected chi connectivity index (χ3v) is 2.44. The number of hydrogen-bond acceptors (Lipinski definition) is 5. The van der Waals surface area contributed by atoms with E-state index in [1.807, 2.05) is 20.9 Å². The van der Waals surface area contributed by atoms with Gasteiger partial charge in [-0.1, -0.05) is 0 Å². The van der Waals surface area contributed by atoms with Crippen molar-refractivity contribution in [1.82, 2.24) is 19.7 Å². The van der Waals surface area contributed by atoms with Gasteiger partial charge in [-0.2, -0.15) is 5.10 Å². The molecule has 6 heteroatoms. The van der Waals surface area contributed by atoms with Gasteiger partial charge in [0.05, 0.1) is 11.6 Å². The number of aromatic nitrogens is 4. The molecule has 0 aliphatic rings. The molecule has 1 unspecified atom stereocenters. The predicted octanol–water partition coefficient (Wildman–Crippen LogP) is 0.431. The van der Waals surface area contributed by atoms with Crippen LogP contribution in [0.25, 0.3) is 11.0 Å². The first-order valence-electron chi connectivity index (χ1n) is 5.24. The quantitative estimate of drug-likeness (QED) is 0.784. The number of aryl methyl sites for hydroxylation is 2. The zero-order valence-corrected chi connectivity index (χ0v) is 9.73. The molecule has 0 aliphatic heterocycles. The molecule has 0 bridgehead atoms. The fourth-order valence-electron chi connectivity index (χ4n) is 1.53. The molecule has 0 saturated heterocycles. The van der Waals surface area contributed by atoms with E-state index in [4.69, 9.17) is 5.73 Å². The summed E-state index contributed by atoms with van der Waals surface area (Å²) in [5.74, 6) is 1.52. The molecule has 0 saturated carbocycles. The molecular weight excluding hydrogens is 204 g/mol. The second-order valence-electron chi connectivity index (χ2n) is 3.91. The molecule has 0 spiro atoms. The summed E-state index contributed by atoms with van der Waals surface area (Å²) < 4.78 is 1.74. The zero-order valence-electron chi connectivity index (χ0n) is 9.73. The van der Waals surface area contributed by atoms with E-state index in [2.05, 4.69) is 20.4 Å². The Morgan fingerprint density at radius 1 is 1.50 bits per heavy atom. The van der Waals surface area contributed by atoms with E-state index in [1.54, 1.807) is 10.9 Å². The molecule has 2 aromatic heterocycles. The number of nitrogens with one attached hydrogen (secondary N) is 1. The van der Waals surface area contributed by atoms with E-state index in [-0.39, 0.29) is 6.04 Å². The highest BCUT2D eigenvalue weighted by molar-refractivity contribution is 5.86. The van der Waals surface area contributed by atoms with Crippen molar-refractivity contribution in [2.75, 3.05) is 11.9 Å². The van der Waals surface area contributed by atoms with Crippen LogP contribution in [0.2, 0.25) is 0 Å². The first kappa shape index (κ1) is 10.8. The van der Waals surface area contributed by atoms with Gasteiger partial charge in [0.25, 0.3) is 0 Å². The van der Waals surface area contributed by atoms with Gasteiger partial charge in [-0.05, 0) is 13.8 Å². The van der Waals surface area contributed by atoms with E-state index in [9.17, 15) is 0 Å². The van der Waals surface area contributed by atoms with E-state index in [0.717, 1.165) is 22.7 Å². The summed E-state index contributed by atoms with van der Waals surface area (Å²) in [4.78, 5) is 8.72. The zero-order chi connectivity index (χ0) is 11.7. The first-order valence-corrected chi connectivity index (χ1v) is 5.24. The fourth-order valence-corrected chi connectivity index (χ4v) is 1.53. The first-order chi connectivity index (χ1) is 7.61. The summed E-state index contributed by atoms with van der Waals surface area (Å²) in [6, 6.07) is 0.178. The lowest BCUT2D eigenvalue weighted by atomic mass is 10.3. The van der Waals surface area contributed by atoms with Gasteiger partial charge in [-0.3, -0.25) is 4.68 Å². The van der Waals surface area contributed by atoms with Crippen LogP contribution in [0.5, 0.6) is 0 Å². The lowest BCUT2D eigenvalue weighted by Crippen LogP contribution is -2.25. The maximum Gasteiger partial charge on any atom is 0.163 e. The van der Waals surface area contributed by atoms with Crippen molar-refractivity contribution < 1.29 is 0 Å². The Kier molecular flexibility index (Phi) is 2.74. The van der Waals surface area contributed by atoms with Gasteiger partial charge in [-0.25, -0.2) is 9.97 Å². The molecule has 2 rings (SSSR count). The fraction of sp³-hybridized carbons (Fsp3) is 0.500. The van der Waals surface area contributed by atoms with E-state index in [0.29, 0.717) is 6.54 Å². The summed E-state index contributed by atoms with van der Waals surface area (Å²) in [6.07, 6.45) is 1.76. The third kappa shape index (κ3) is 1.83. The molecule has 1 atom stereocenters. The van der Waals surface area contributed by atoms with Gasteiger partial charge in [-0.15, -0.1) is 0 Å². The minimum absolute atomic E-state index is 0.178. The minimum atomic E-state index is 0.178. The van der Waals surface area contributed by atoms with Gasteiger partial charge in [0.2, 0.25) is 0 Å². The average molecular weight is 220 g/mol. The summed E-state index contributed by atoms with van der Waals surface area (Å²) in [7, 11) is 1.87. The molecule has 0 aliphatic carbocycles. The van der Waals surface area contributed by atoms with Crippen LogP contribution in [0.4, 0.5) is 5.82 Å². The Bertz CT molecular complexity index is 503. The van der Waals surface area contributed by atoms with Crippen LogP contribution >= 0.6 is 0 Å². The van der Waals surface area contributed by atoms with Crippen molar-refractivity contribution in [1.29, 1.82) is 0 Å². The van der Waals surface area contributed by atoms with Gasteiger partial charge in [0.1, 0.15) is 11.6 Å². The Morgan fingerprint density at radius 3 is 2.94 bits per heavy atom. The highest BCUT2D eigenvalue weighted by Crippen LogP contribution is 2.19. The number of nitrogens with zero attached hydrogens (tertiary/aromatic N) is 4. The van der Waals surface area contributed by atoms with Crippen molar-refractivity contribution in [3.05, 3.63) is 12.0 Å². The maximum absolute atomic E-state index is 5.58. The third-order valence-electron chi connectivity index (χ3n) is 2.44. The highest BCUT2D eigenvalue weighted by atomic mass is 15.3. The lowest BCUT2D eigenvalue weighted by molar-refractivity contribution is 0.780. The van der Waals surface area contributed by atoms with Gasteiger partial charge in [0.15, 0.2) is 5.65 Å². The van der Waals surface area contributed by atoms with E-state index >= 15 is 0 Å². The molecule has 0 fully saturated rings. The second-order valence-corrected chi connectivity index (χ2v) is 3.91. The standard InChI is InChI=1S/C10H16N6/c1-6(4-11)13-9-8-5-12-16(3)10(8)15-7(2)14-9/h5-6H,4,11H2,1-3H3,(H,13,14,15). The van der Waals surface area contributed by atoms with Crippen LogP contribution in [-0.4, -0.2) is 32.3 Å². The van der Waals surface area contributed by atoms with Crippen LogP contribution < -0.4 is 11.1 Å². The normalized spacial score (nSPS) is 13.0. The maximum atomic E-state index is 5.58. The molecule has 0 radical (unpaired) electrons. The Labute approximate surface area is 93.9 Å². The van der Waals surface area contributed by atoms with Gasteiger partial charge >= 0.3 is 0 Å². The van der Waals surface area contributed by atoms with Crippen LogP contribution in [-0.2, 0) is 7.05 Å². The molecule has 6 nitrogen and oxygen atoms in total. The van der Waals surface area contributed by atoms with E-state index in [1.165, 1.54) is 0 Å². The molecule has 16 heavy (non-hydrogen) atoms. The molecule has 0 aromatic carbocycles. The average Bonchev–Trinajstić information content (AvgIpc) is 2.60. The summed E-state index contributed by atoms with van der Waals surface area (Å²) >= 11 is 0. The molecule has 0 amide bonds. The van der Waals surface area contributed by atoms with Crippen molar-refractivity contribution in [2.24, 2.45) is 12.8 Å². The summed E-state index contributed by atoms with van der Waals surface area (Å²) in [6.45, 7) is 4.44. The molecule has 2 aromatic rings. The number of hydrogen-bond donors (Lipinski definition) is 2. The molecular formula is C10H16N6. The van der Waals surface area contributed by atoms with Crippen LogP contribution in [0.15, 0.2) is 6.20 Å². The van der Waals surface area contributed by atoms with Crippen molar-refractivity contribution >= 4 is 16.9 Å². The predicted molar refractivity (Wildman–Crippen MR) is 63.2 cm³/mol. The molecule has 86 valence electrons. The Hall–Kier alpha value is -1.69. The monoisotopic (exact) mass is 220 g/mol. The van der Waals surface area contributed by atoms with Crippen LogP contribution in [0.1, 0.15) is 12.7 Å². The number of fused-ring (bicyclic) bond motifs is 1. The van der Waals surface area contributed by atoms with Crippen LogP contribution in [0, 0.1) is 6.92 Å². The largest absolute Gasteiger partial charge is 0.366 e. The van der Waals surface area contributed by atoms with Crippen molar-refractivity contribution in [3.8, 4) is 0 Å². The number of rotatable bonds is 3. The summed E-state index contributed by atoms with van der Waals surface area (Å²) in [5.41, 5.74) is 6.41. The topological polar surface area (TPSA) is 81.6 Å². The van der Waals surface area contributed by atoms with E-state index < -0.39 is 0 Å². The van der Waals surface area contributed by atoms with Crippen molar-refractivity contribution in [3.63, 3.8) is 0 Å². The smallest absolute Gasteiger partial charge is 0.163 e. The second kappa shape index (κ2) is 4.05. The number of anilines is 1. The Morgan fingerprint density at radius 2 is 2.25 bits per heavy atom.